The van der Waals surface area contributed by atoms with Crippen molar-refractivity contribution < 1.29 is 18.0 Å². The van der Waals surface area contributed by atoms with Crippen molar-refractivity contribution in [3.8, 4) is 6.07 Å². The van der Waals surface area contributed by atoms with Crippen LogP contribution in [0.3, 0.4) is 0 Å². The van der Waals surface area contributed by atoms with Crippen molar-refractivity contribution in [2.24, 2.45) is 7.05 Å². The van der Waals surface area contributed by atoms with Crippen LogP contribution in [0.1, 0.15) is 22.9 Å². The number of ketones is 1. The van der Waals surface area contributed by atoms with Crippen LogP contribution in [-0.2, 0) is 18.0 Å². The summed E-state index contributed by atoms with van der Waals surface area (Å²) in [5.41, 5.74) is 0.858. The van der Waals surface area contributed by atoms with Gasteiger partial charge in [-0.2, -0.15) is 18.4 Å². The normalized spacial score (nSPS) is 13.0. The number of fused-ring (bicyclic) bond motifs is 1. The molecule has 7 heteroatoms. The van der Waals surface area contributed by atoms with Crippen LogP contribution in [0.25, 0.3) is 17.1 Å². The molecular weight excluding hydrogens is 355 g/mol. The van der Waals surface area contributed by atoms with E-state index in [2.05, 4.69) is 4.98 Å². The molecule has 0 aliphatic rings. The van der Waals surface area contributed by atoms with Crippen LogP contribution in [0.4, 0.5) is 13.2 Å². The highest BCUT2D eigenvalue weighted by Gasteiger charge is 2.30. The van der Waals surface area contributed by atoms with Crippen LogP contribution in [-0.4, -0.2) is 15.3 Å². The Morgan fingerprint density at radius 3 is 2.63 bits per heavy atom. The molecule has 0 fully saturated rings. The SMILES string of the molecule is Cn1c(C(C#N)C(=O)/C=C/c2cccc(C(F)(F)F)c2)nc2ccccc21. The first kappa shape index (κ1) is 18.4. The van der Waals surface area contributed by atoms with E-state index in [4.69, 9.17) is 0 Å². The number of carbonyl (C=O) groups is 1. The monoisotopic (exact) mass is 369 g/mol. The Morgan fingerprint density at radius 1 is 1.22 bits per heavy atom. The quantitative estimate of drug-likeness (QED) is 0.637. The summed E-state index contributed by atoms with van der Waals surface area (Å²) in [6.07, 6.45) is -2.08. The van der Waals surface area contributed by atoms with Gasteiger partial charge in [0.25, 0.3) is 0 Å². The molecule has 1 unspecified atom stereocenters. The van der Waals surface area contributed by atoms with E-state index in [0.29, 0.717) is 5.52 Å². The maximum atomic E-state index is 12.8. The van der Waals surface area contributed by atoms with Crippen LogP contribution in [0, 0.1) is 11.3 Å². The molecular formula is C20H14F3N3O. The smallest absolute Gasteiger partial charge is 0.330 e. The third-order valence-corrected chi connectivity index (χ3v) is 4.15. The van der Waals surface area contributed by atoms with Gasteiger partial charge >= 0.3 is 6.18 Å². The third kappa shape index (κ3) is 3.75. The van der Waals surface area contributed by atoms with E-state index in [-0.39, 0.29) is 11.4 Å². The minimum absolute atomic E-state index is 0.222. The molecule has 1 atom stereocenters. The van der Waals surface area contributed by atoms with Crippen molar-refractivity contribution in [1.29, 1.82) is 5.26 Å². The van der Waals surface area contributed by atoms with Crippen molar-refractivity contribution >= 4 is 22.9 Å². The van der Waals surface area contributed by atoms with Gasteiger partial charge in [-0.15, -0.1) is 0 Å². The molecule has 1 heterocycles. The summed E-state index contributed by atoms with van der Waals surface area (Å²) in [5, 5.41) is 9.44. The number of alkyl halides is 3. The number of rotatable bonds is 4. The molecule has 4 nitrogen and oxygen atoms in total. The predicted molar refractivity (Wildman–Crippen MR) is 94.6 cm³/mol. The number of carbonyl (C=O) groups excluding carboxylic acids is 1. The molecule has 0 spiro atoms. The van der Waals surface area contributed by atoms with E-state index >= 15 is 0 Å². The number of benzene rings is 2. The average Bonchev–Trinajstić information content (AvgIpc) is 2.97. The van der Waals surface area contributed by atoms with Crippen LogP contribution < -0.4 is 0 Å². The number of hydrogen-bond acceptors (Lipinski definition) is 3. The molecule has 0 saturated carbocycles. The second kappa shape index (κ2) is 7.08. The Balaban J connectivity index is 1.89. The van der Waals surface area contributed by atoms with E-state index in [0.717, 1.165) is 23.7 Å². The topological polar surface area (TPSA) is 58.7 Å². The number of imidazole rings is 1. The zero-order chi connectivity index (χ0) is 19.6. The van der Waals surface area contributed by atoms with E-state index in [1.54, 1.807) is 23.7 Å². The van der Waals surface area contributed by atoms with Gasteiger partial charge < -0.3 is 4.57 Å². The maximum absolute atomic E-state index is 12.8. The van der Waals surface area contributed by atoms with Gasteiger partial charge in [-0.1, -0.05) is 30.3 Å². The van der Waals surface area contributed by atoms with Crippen molar-refractivity contribution in [3.63, 3.8) is 0 Å². The Morgan fingerprint density at radius 2 is 1.96 bits per heavy atom. The van der Waals surface area contributed by atoms with E-state index in [1.807, 2.05) is 18.2 Å². The van der Waals surface area contributed by atoms with Crippen LogP contribution in [0.15, 0.2) is 54.6 Å². The van der Waals surface area contributed by atoms with Crippen molar-refractivity contribution in [2.45, 2.75) is 12.1 Å². The molecule has 0 aliphatic carbocycles. The number of aromatic nitrogens is 2. The standard InChI is InChI=1S/C20H14F3N3O/c1-26-17-8-3-2-7-16(17)25-19(26)15(12-24)18(27)10-9-13-5-4-6-14(11-13)20(21,22)23/h2-11,15H,1H3/b10-9+. The minimum atomic E-state index is -4.46. The van der Waals surface area contributed by atoms with Crippen LogP contribution >= 0.6 is 0 Å². The lowest BCUT2D eigenvalue weighted by Crippen LogP contribution is -2.13. The highest BCUT2D eigenvalue weighted by Crippen LogP contribution is 2.30. The number of aryl methyl sites for hydroxylation is 1. The van der Waals surface area contributed by atoms with Crippen molar-refractivity contribution in [1.82, 2.24) is 9.55 Å². The number of nitriles is 1. The molecule has 1 aromatic heterocycles. The predicted octanol–water partition coefficient (Wildman–Crippen LogP) is 4.48. The van der Waals surface area contributed by atoms with Gasteiger partial charge in [0.05, 0.1) is 22.7 Å². The fourth-order valence-corrected chi connectivity index (χ4v) is 2.76. The number of para-hydroxylation sites is 2. The van der Waals surface area contributed by atoms with Gasteiger partial charge in [-0.05, 0) is 35.9 Å². The van der Waals surface area contributed by atoms with E-state index in [1.165, 1.54) is 18.2 Å². The fraction of sp³-hybridized carbons (Fsp3) is 0.150. The Labute approximate surface area is 153 Å². The van der Waals surface area contributed by atoms with Gasteiger partial charge in [0.1, 0.15) is 5.82 Å². The largest absolute Gasteiger partial charge is 0.416 e. The third-order valence-electron chi connectivity index (χ3n) is 4.15. The second-order valence-electron chi connectivity index (χ2n) is 5.94. The first-order chi connectivity index (χ1) is 12.8. The zero-order valence-electron chi connectivity index (χ0n) is 14.2. The van der Waals surface area contributed by atoms with E-state index in [9.17, 15) is 23.2 Å². The molecule has 0 saturated heterocycles. The lowest BCUT2D eigenvalue weighted by molar-refractivity contribution is -0.137. The van der Waals surface area contributed by atoms with Crippen LogP contribution in [0.2, 0.25) is 0 Å². The summed E-state index contributed by atoms with van der Waals surface area (Å²) >= 11 is 0. The van der Waals surface area contributed by atoms with Gasteiger partial charge in [0, 0.05) is 7.05 Å². The van der Waals surface area contributed by atoms with Gasteiger partial charge in [0.15, 0.2) is 11.7 Å². The first-order valence-corrected chi connectivity index (χ1v) is 8.01. The second-order valence-corrected chi connectivity index (χ2v) is 5.94. The molecule has 27 heavy (non-hydrogen) atoms. The Bertz CT molecular complexity index is 1070. The summed E-state index contributed by atoms with van der Waals surface area (Å²) in [6, 6.07) is 13.8. The highest BCUT2D eigenvalue weighted by atomic mass is 19.4. The molecule has 0 N–H and O–H groups in total. The van der Waals surface area contributed by atoms with Crippen LogP contribution in [0.5, 0.6) is 0 Å². The number of nitrogens with zero attached hydrogens (tertiary/aromatic N) is 3. The lowest BCUT2D eigenvalue weighted by Gasteiger charge is -2.07. The summed E-state index contributed by atoms with van der Waals surface area (Å²) < 4.78 is 40.0. The Hall–Kier alpha value is -3.40. The van der Waals surface area contributed by atoms with E-state index < -0.39 is 23.4 Å². The molecule has 2 aromatic carbocycles. The minimum Gasteiger partial charge on any atom is -0.330 e. The summed E-state index contributed by atoms with van der Waals surface area (Å²) in [7, 11) is 1.71. The fourth-order valence-electron chi connectivity index (χ4n) is 2.76. The highest BCUT2D eigenvalue weighted by molar-refractivity contribution is 6.00. The molecule has 0 aliphatic heterocycles. The number of hydrogen-bond donors (Lipinski definition) is 0. The Kier molecular flexibility index (Phi) is 4.82. The first-order valence-electron chi connectivity index (χ1n) is 8.01. The molecule has 136 valence electrons. The van der Waals surface area contributed by atoms with Crippen molar-refractivity contribution in [3.05, 3.63) is 71.6 Å². The molecule has 0 bridgehead atoms. The summed E-state index contributed by atoms with van der Waals surface area (Å²) in [5.74, 6) is -1.41. The van der Waals surface area contributed by atoms with Crippen molar-refractivity contribution in [2.75, 3.05) is 0 Å². The lowest BCUT2D eigenvalue weighted by atomic mass is 10.0. The molecule has 0 radical (unpaired) electrons. The van der Waals surface area contributed by atoms with Gasteiger partial charge in [-0.3, -0.25) is 4.79 Å². The average molecular weight is 369 g/mol. The summed E-state index contributed by atoms with van der Waals surface area (Å²) in [4.78, 5) is 16.8. The molecule has 3 rings (SSSR count). The van der Waals surface area contributed by atoms with Gasteiger partial charge in [0.2, 0.25) is 0 Å². The number of allylic oxidation sites excluding steroid dienone is 1. The van der Waals surface area contributed by atoms with Gasteiger partial charge in [-0.25, -0.2) is 4.98 Å². The summed E-state index contributed by atoms with van der Waals surface area (Å²) in [6.45, 7) is 0. The molecule has 3 aromatic rings. The zero-order valence-corrected chi connectivity index (χ0v) is 14.2. The maximum Gasteiger partial charge on any atom is 0.416 e. The number of halogens is 3. The molecule has 0 amide bonds.